The minimum atomic E-state index is 0.000158. The Morgan fingerprint density at radius 3 is 3.00 bits per heavy atom. The number of aromatic nitrogens is 3. The van der Waals surface area contributed by atoms with Crippen LogP contribution in [0.1, 0.15) is 16.8 Å². The molecule has 7 heteroatoms. The number of nitrogens with one attached hydrogen (secondary N) is 4. The molecule has 0 unspecified atom stereocenters. The van der Waals surface area contributed by atoms with Crippen molar-refractivity contribution in [1.29, 1.82) is 0 Å². The van der Waals surface area contributed by atoms with Crippen molar-refractivity contribution in [3.8, 4) is 0 Å². The second-order valence-electron chi connectivity index (χ2n) is 7.17. The van der Waals surface area contributed by atoms with Gasteiger partial charge in [-0.25, -0.2) is 4.98 Å². The van der Waals surface area contributed by atoms with Crippen LogP contribution in [0.4, 0.5) is 23.1 Å². The summed E-state index contributed by atoms with van der Waals surface area (Å²) in [7, 11) is 0. The van der Waals surface area contributed by atoms with Gasteiger partial charge in [-0.15, -0.1) is 0 Å². The highest BCUT2D eigenvalue weighted by atomic mass is 16.1. The standard InChI is InChI=1S/C22H20N6O/c1-13-9-15-10-14(5-6-17(15)25-13)12-24-20-7-8-23-22(28-20)27-19-4-2-3-18-16(19)11-21(29)26-18/h2-10,25H,11-12H2,1H3,(H,26,29)(H2,23,24,27,28). The Morgan fingerprint density at radius 2 is 2.07 bits per heavy atom. The highest BCUT2D eigenvalue weighted by Crippen LogP contribution is 2.31. The number of anilines is 4. The van der Waals surface area contributed by atoms with Crippen molar-refractivity contribution in [2.45, 2.75) is 19.9 Å². The van der Waals surface area contributed by atoms with Crippen LogP contribution in [-0.2, 0) is 17.8 Å². The molecule has 4 aromatic rings. The Balaban J connectivity index is 1.31. The molecule has 144 valence electrons. The average molecular weight is 384 g/mol. The zero-order valence-corrected chi connectivity index (χ0v) is 15.9. The Morgan fingerprint density at radius 1 is 1.14 bits per heavy atom. The molecule has 0 aliphatic carbocycles. The van der Waals surface area contributed by atoms with E-state index in [9.17, 15) is 4.79 Å². The van der Waals surface area contributed by atoms with Gasteiger partial charge in [0.25, 0.3) is 0 Å². The van der Waals surface area contributed by atoms with E-state index in [4.69, 9.17) is 0 Å². The largest absolute Gasteiger partial charge is 0.366 e. The predicted octanol–water partition coefficient (Wildman–Crippen LogP) is 4.12. The van der Waals surface area contributed by atoms with E-state index in [1.54, 1.807) is 6.20 Å². The van der Waals surface area contributed by atoms with Crippen molar-refractivity contribution in [2.24, 2.45) is 0 Å². The summed E-state index contributed by atoms with van der Waals surface area (Å²) in [6, 6.07) is 16.1. The summed E-state index contributed by atoms with van der Waals surface area (Å²) in [5.74, 6) is 1.22. The molecule has 0 spiro atoms. The van der Waals surface area contributed by atoms with Crippen LogP contribution in [0.15, 0.2) is 54.7 Å². The number of aryl methyl sites for hydroxylation is 1. The fraction of sp³-hybridized carbons (Fsp3) is 0.136. The van der Waals surface area contributed by atoms with E-state index in [1.807, 2.05) is 24.3 Å². The third-order valence-electron chi connectivity index (χ3n) is 4.98. The van der Waals surface area contributed by atoms with Crippen molar-refractivity contribution in [1.82, 2.24) is 15.0 Å². The Labute approximate surface area is 167 Å². The van der Waals surface area contributed by atoms with Crippen LogP contribution in [-0.4, -0.2) is 20.9 Å². The quantitative estimate of drug-likeness (QED) is 0.415. The zero-order chi connectivity index (χ0) is 19.8. The maximum atomic E-state index is 11.7. The van der Waals surface area contributed by atoms with Gasteiger partial charge in [0.05, 0.1) is 6.42 Å². The highest BCUT2D eigenvalue weighted by Gasteiger charge is 2.20. The lowest BCUT2D eigenvalue weighted by molar-refractivity contribution is -0.115. The third-order valence-corrected chi connectivity index (χ3v) is 4.98. The summed E-state index contributed by atoms with van der Waals surface area (Å²) >= 11 is 0. The fourth-order valence-corrected chi connectivity index (χ4v) is 3.63. The van der Waals surface area contributed by atoms with Crippen molar-refractivity contribution < 1.29 is 4.79 Å². The number of rotatable bonds is 5. The monoisotopic (exact) mass is 384 g/mol. The van der Waals surface area contributed by atoms with Crippen LogP contribution in [0.2, 0.25) is 0 Å². The molecule has 0 saturated heterocycles. The number of nitrogens with zero attached hydrogens (tertiary/aromatic N) is 2. The van der Waals surface area contributed by atoms with Crippen LogP contribution >= 0.6 is 0 Å². The van der Waals surface area contributed by atoms with Gasteiger partial charge < -0.3 is 20.9 Å². The summed E-state index contributed by atoms with van der Waals surface area (Å²) in [6.45, 7) is 2.72. The van der Waals surface area contributed by atoms with Crippen LogP contribution < -0.4 is 16.0 Å². The molecule has 29 heavy (non-hydrogen) atoms. The molecule has 7 nitrogen and oxygen atoms in total. The van der Waals surface area contributed by atoms with Crippen molar-refractivity contribution in [3.05, 3.63) is 71.5 Å². The number of carbonyl (C=O) groups excluding carboxylic acids is 1. The van der Waals surface area contributed by atoms with Gasteiger partial charge in [0.15, 0.2) is 0 Å². The molecule has 0 saturated carbocycles. The van der Waals surface area contributed by atoms with Crippen molar-refractivity contribution in [3.63, 3.8) is 0 Å². The Hall–Kier alpha value is -3.87. The SMILES string of the molecule is Cc1cc2cc(CNc3ccnc(Nc4cccc5c4CC(=O)N5)n3)ccc2[nH]1. The van der Waals surface area contributed by atoms with Crippen LogP contribution in [0, 0.1) is 6.92 Å². The van der Waals surface area contributed by atoms with E-state index in [0.29, 0.717) is 18.9 Å². The lowest BCUT2D eigenvalue weighted by Gasteiger charge is -2.11. The van der Waals surface area contributed by atoms with Gasteiger partial charge in [-0.2, -0.15) is 4.98 Å². The first kappa shape index (κ1) is 17.2. The average Bonchev–Trinajstić information content (AvgIpc) is 3.27. The Bertz CT molecular complexity index is 1230. The normalized spacial score (nSPS) is 12.7. The van der Waals surface area contributed by atoms with Crippen LogP contribution in [0.25, 0.3) is 10.9 Å². The molecule has 0 fully saturated rings. The first-order valence-electron chi connectivity index (χ1n) is 9.48. The summed E-state index contributed by atoms with van der Waals surface area (Å²) in [4.78, 5) is 23.9. The Kier molecular flexibility index (Phi) is 4.13. The maximum Gasteiger partial charge on any atom is 0.229 e. The van der Waals surface area contributed by atoms with Crippen LogP contribution in [0.5, 0.6) is 0 Å². The van der Waals surface area contributed by atoms with E-state index in [1.165, 1.54) is 10.9 Å². The van der Waals surface area contributed by atoms with Gasteiger partial charge in [0.1, 0.15) is 5.82 Å². The molecular weight excluding hydrogens is 364 g/mol. The number of hydrogen-bond donors (Lipinski definition) is 4. The third kappa shape index (κ3) is 3.50. The van der Waals surface area contributed by atoms with Gasteiger partial charge in [-0.3, -0.25) is 4.79 Å². The summed E-state index contributed by atoms with van der Waals surface area (Å²) in [5, 5.41) is 10.6. The van der Waals surface area contributed by atoms with Crippen molar-refractivity contribution in [2.75, 3.05) is 16.0 Å². The topological polar surface area (TPSA) is 94.7 Å². The van der Waals surface area contributed by atoms with Gasteiger partial charge in [0.2, 0.25) is 11.9 Å². The molecule has 2 aromatic heterocycles. The van der Waals surface area contributed by atoms with Crippen LogP contribution in [0.3, 0.4) is 0 Å². The predicted molar refractivity (Wildman–Crippen MR) is 114 cm³/mol. The number of amides is 1. The molecule has 1 amide bonds. The number of benzene rings is 2. The minimum absolute atomic E-state index is 0.000158. The highest BCUT2D eigenvalue weighted by molar-refractivity contribution is 6.01. The lowest BCUT2D eigenvalue weighted by atomic mass is 10.1. The molecular formula is C22H20N6O. The lowest BCUT2D eigenvalue weighted by Crippen LogP contribution is -2.05. The molecule has 0 radical (unpaired) electrons. The van der Waals surface area contributed by atoms with E-state index < -0.39 is 0 Å². The minimum Gasteiger partial charge on any atom is -0.366 e. The van der Waals surface area contributed by atoms with Gasteiger partial charge >= 0.3 is 0 Å². The maximum absolute atomic E-state index is 11.7. The molecule has 3 heterocycles. The second-order valence-corrected chi connectivity index (χ2v) is 7.17. The first-order valence-corrected chi connectivity index (χ1v) is 9.48. The van der Waals surface area contributed by atoms with Gasteiger partial charge in [-0.05, 0) is 54.3 Å². The van der Waals surface area contributed by atoms with E-state index in [0.717, 1.165) is 34.0 Å². The van der Waals surface area contributed by atoms with E-state index >= 15 is 0 Å². The number of fused-ring (bicyclic) bond motifs is 2. The molecule has 2 aromatic carbocycles. The molecule has 5 rings (SSSR count). The summed E-state index contributed by atoms with van der Waals surface area (Å²) in [6.07, 6.45) is 2.07. The molecule has 1 aliphatic rings. The zero-order valence-electron chi connectivity index (χ0n) is 15.9. The van der Waals surface area contributed by atoms with E-state index in [-0.39, 0.29) is 5.91 Å². The molecule has 4 N–H and O–H groups in total. The van der Waals surface area contributed by atoms with Gasteiger partial charge in [0, 0.05) is 40.9 Å². The van der Waals surface area contributed by atoms with E-state index in [2.05, 4.69) is 62.1 Å². The first-order chi connectivity index (χ1) is 14.1. The second kappa shape index (κ2) is 6.94. The smallest absolute Gasteiger partial charge is 0.229 e. The number of carbonyl (C=O) groups is 1. The van der Waals surface area contributed by atoms with Crippen molar-refractivity contribution >= 4 is 40.0 Å². The molecule has 1 aliphatic heterocycles. The number of H-pyrrole nitrogens is 1. The number of hydrogen-bond acceptors (Lipinski definition) is 5. The van der Waals surface area contributed by atoms with Gasteiger partial charge in [-0.1, -0.05) is 12.1 Å². The fourth-order valence-electron chi connectivity index (χ4n) is 3.63. The summed E-state index contributed by atoms with van der Waals surface area (Å²) < 4.78 is 0. The molecule has 0 bridgehead atoms. The molecule has 0 atom stereocenters. The summed E-state index contributed by atoms with van der Waals surface area (Å²) in [5.41, 5.74) is 6.09. The number of aromatic amines is 1.